The van der Waals surface area contributed by atoms with Crippen LogP contribution in [0.5, 0.6) is 0 Å². The Bertz CT molecular complexity index is 1540. The summed E-state index contributed by atoms with van der Waals surface area (Å²) in [4.78, 5) is 7.39. The van der Waals surface area contributed by atoms with Crippen LogP contribution in [-0.2, 0) is 6.54 Å². The smallest absolute Gasteiger partial charge is 0.172 e. The highest BCUT2D eigenvalue weighted by atomic mass is 79.9. The van der Waals surface area contributed by atoms with E-state index in [4.69, 9.17) is 16.6 Å². The molecule has 3 aromatic carbocycles. The van der Waals surface area contributed by atoms with Gasteiger partial charge in [-0.1, -0.05) is 78.3 Å². The fourth-order valence-electron chi connectivity index (χ4n) is 5.20. The van der Waals surface area contributed by atoms with Gasteiger partial charge in [0.2, 0.25) is 0 Å². The number of anilines is 1. The van der Waals surface area contributed by atoms with Gasteiger partial charge in [0.05, 0.1) is 16.4 Å². The highest BCUT2D eigenvalue weighted by molar-refractivity contribution is 9.10. The van der Waals surface area contributed by atoms with Gasteiger partial charge in [0.1, 0.15) is 5.82 Å². The normalized spacial score (nSPS) is 14.7. The largest absolute Gasteiger partial charge is 0.370 e. The SMILES string of the molecule is Clc1ccccc1-c1cc(NCC2CCN(Cc3cccc(-c4ccccc4)c3)CC2)n2ncc(Br)c2n1. The van der Waals surface area contributed by atoms with Crippen LogP contribution in [0.25, 0.3) is 28.0 Å². The van der Waals surface area contributed by atoms with Crippen molar-refractivity contribution < 1.29 is 0 Å². The highest BCUT2D eigenvalue weighted by Gasteiger charge is 2.20. The van der Waals surface area contributed by atoms with Crippen molar-refractivity contribution in [2.45, 2.75) is 19.4 Å². The van der Waals surface area contributed by atoms with E-state index in [1.807, 2.05) is 34.8 Å². The second-order valence-corrected chi connectivity index (χ2v) is 11.2. The third-order valence-corrected chi connectivity index (χ3v) is 8.19. The zero-order valence-corrected chi connectivity index (χ0v) is 23.4. The van der Waals surface area contributed by atoms with E-state index < -0.39 is 0 Å². The molecule has 5 aromatic rings. The van der Waals surface area contributed by atoms with Gasteiger partial charge < -0.3 is 5.32 Å². The molecule has 1 aliphatic rings. The van der Waals surface area contributed by atoms with E-state index in [0.717, 1.165) is 53.4 Å². The lowest BCUT2D eigenvalue weighted by Crippen LogP contribution is -2.35. The van der Waals surface area contributed by atoms with E-state index in [-0.39, 0.29) is 0 Å². The summed E-state index contributed by atoms with van der Waals surface area (Å²) < 4.78 is 2.72. The maximum atomic E-state index is 6.49. The van der Waals surface area contributed by atoms with Gasteiger partial charge in [-0.25, -0.2) is 4.98 Å². The number of hydrogen-bond acceptors (Lipinski definition) is 4. The van der Waals surface area contributed by atoms with Crippen molar-refractivity contribution in [3.63, 3.8) is 0 Å². The molecule has 7 heteroatoms. The van der Waals surface area contributed by atoms with Crippen molar-refractivity contribution in [2.24, 2.45) is 5.92 Å². The zero-order valence-electron chi connectivity index (χ0n) is 21.0. The zero-order chi connectivity index (χ0) is 25.9. The minimum absolute atomic E-state index is 0.605. The van der Waals surface area contributed by atoms with E-state index in [1.165, 1.54) is 29.5 Å². The summed E-state index contributed by atoms with van der Waals surface area (Å²) in [6, 6.07) is 29.4. The lowest BCUT2D eigenvalue weighted by molar-refractivity contribution is 0.182. The number of nitrogens with one attached hydrogen (secondary N) is 1. The van der Waals surface area contributed by atoms with Crippen LogP contribution < -0.4 is 5.32 Å². The van der Waals surface area contributed by atoms with Crippen LogP contribution in [-0.4, -0.2) is 39.1 Å². The summed E-state index contributed by atoms with van der Waals surface area (Å²) in [6.45, 7) is 4.10. The molecule has 0 saturated carbocycles. The van der Waals surface area contributed by atoms with Crippen molar-refractivity contribution in [2.75, 3.05) is 25.0 Å². The van der Waals surface area contributed by atoms with Crippen molar-refractivity contribution in [1.82, 2.24) is 19.5 Å². The monoisotopic (exact) mass is 585 g/mol. The van der Waals surface area contributed by atoms with Crippen molar-refractivity contribution in [1.29, 1.82) is 0 Å². The van der Waals surface area contributed by atoms with Gasteiger partial charge in [0.25, 0.3) is 0 Å². The maximum absolute atomic E-state index is 6.49. The van der Waals surface area contributed by atoms with E-state index in [0.29, 0.717) is 10.9 Å². The molecule has 5 nitrogen and oxygen atoms in total. The summed E-state index contributed by atoms with van der Waals surface area (Å²) in [5.74, 6) is 1.53. The molecule has 3 heterocycles. The summed E-state index contributed by atoms with van der Waals surface area (Å²) in [5, 5.41) is 8.89. The molecule has 1 aliphatic heterocycles. The Morgan fingerprint density at radius 1 is 0.895 bits per heavy atom. The number of likely N-dealkylation sites (tertiary alicyclic amines) is 1. The maximum Gasteiger partial charge on any atom is 0.172 e. The van der Waals surface area contributed by atoms with Crippen LogP contribution in [0.1, 0.15) is 18.4 Å². The van der Waals surface area contributed by atoms with Crippen LogP contribution in [0, 0.1) is 5.92 Å². The molecule has 0 spiro atoms. The van der Waals surface area contributed by atoms with E-state index in [9.17, 15) is 0 Å². The second kappa shape index (κ2) is 11.3. The van der Waals surface area contributed by atoms with Gasteiger partial charge in [0.15, 0.2) is 5.65 Å². The molecule has 0 radical (unpaired) electrons. The lowest BCUT2D eigenvalue weighted by Gasteiger charge is -2.32. The number of halogens is 2. The number of nitrogens with zero attached hydrogens (tertiary/aromatic N) is 4. The van der Waals surface area contributed by atoms with Crippen molar-refractivity contribution in [3.8, 4) is 22.4 Å². The van der Waals surface area contributed by atoms with E-state index >= 15 is 0 Å². The number of aromatic nitrogens is 3. The Labute approximate surface area is 236 Å². The summed E-state index contributed by atoms with van der Waals surface area (Å²) >= 11 is 10.1. The third-order valence-electron chi connectivity index (χ3n) is 7.30. The van der Waals surface area contributed by atoms with Gasteiger partial charge >= 0.3 is 0 Å². The number of hydrogen-bond donors (Lipinski definition) is 1. The molecular weight excluding hydrogens is 558 g/mol. The Kier molecular flexibility index (Phi) is 7.45. The highest BCUT2D eigenvalue weighted by Crippen LogP contribution is 2.31. The molecule has 1 saturated heterocycles. The fourth-order valence-corrected chi connectivity index (χ4v) is 5.79. The molecule has 2 aromatic heterocycles. The topological polar surface area (TPSA) is 45.5 Å². The Balaban J connectivity index is 1.10. The Hall–Kier alpha value is -3.19. The fraction of sp³-hybridized carbons (Fsp3) is 0.226. The Morgan fingerprint density at radius 3 is 2.47 bits per heavy atom. The van der Waals surface area contributed by atoms with Crippen molar-refractivity contribution >= 4 is 39.0 Å². The standard InChI is InChI=1S/C31H29BrClN5/c32-27-20-35-38-30(18-29(36-31(27)38)26-11-4-5-12-28(26)33)34-19-22-13-15-37(16-14-22)21-23-7-6-10-25(17-23)24-8-2-1-3-9-24/h1-12,17-18,20,22,34H,13-16,19,21H2. The van der Waals surface area contributed by atoms with Crippen LogP contribution >= 0.6 is 27.5 Å². The molecule has 1 fully saturated rings. The van der Waals surface area contributed by atoms with Crippen LogP contribution in [0.2, 0.25) is 5.02 Å². The van der Waals surface area contributed by atoms with E-state index in [1.54, 1.807) is 6.20 Å². The average Bonchev–Trinajstić information content (AvgIpc) is 3.34. The van der Waals surface area contributed by atoms with Crippen LogP contribution in [0.3, 0.4) is 0 Å². The first-order valence-electron chi connectivity index (χ1n) is 13.0. The molecule has 192 valence electrons. The first kappa shape index (κ1) is 25.1. The lowest BCUT2D eigenvalue weighted by atomic mass is 9.96. The van der Waals surface area contributed by atoms with Gasteiger partial charge in [-0.05, 0) is 76.6 Å². The molecule has 38 heavy (non-hydrogen) atoms. The molecule has 0 unspecified atom stereocenters. The van der Waals surface area contributed by atoms with Crippen LogP contribution in [0.15, 0.2) is 95.6 Å². The number of fused-ring (bicyclic) bond motifs is 1. The minimum Gasteiger partial charge on any atom is -0.370 e. The molecule has 1 N–H and O–H groups in total. The summed E-state index contributed by atoms with van der Waals surface area (Å²) in [5.41, 5.74) is 6.45. The predicted octanol–water partition coefficient (Wildman–Crippen LogP) is 7.80. The van der Waals surface area contributed by atoms with Crippen LogP contribution in [0.4, 0.5) is 5.82 Å². The van der Waals surface area contributed by atoms with E-state index in [2.05, 4.69) is 85.8 Å². The first-order chi connectivity index (χ1) is 18.6. The van der Waals surface area contributed by atoms with Gasteiger partial charge in [0, 0.05) is 29.7 Å². The average molecular weight is 587 g/mol. The summed E-state index contributed by atoms with van der Waals surface area (Å²) in [7, 11) is 0. The van der Waals surface area contributed by atoms with Gasteiger partial charge in [-0.2, -0.15) is 9.61 Å². The number of benzene rings is 3. The predicted molar refractivity (Wildman–Crippen MR) is 160 cm³/mol. The number of rotatable bonds is 7. The third kappa shape index (κ3) is 5.48. The molecule has 0 amide bonds. The minimum atomic E-state index is 0.605. The number of piperidine rings is 1. The molecule has 0 bridgehead atoms. The van der Waals surface area contributed by atoms with Gasteiger partial charge in [-0.15, -0.1) is 0 Å². The van der Waals surface area contributed by atoms with Crippen molar-refractivity contribution in [3.05, 3.63) is 106 Å². The second-order valence-electron chi connectivity index (χ2n) is 9.90. The Morgan fingerprint density at radius 2 is 1.66 bits per heavy atom. The van der Waals surface area contributed by atoms with Gasteiger partial charge in [-0.3, -0.25) is 4.90 Å². The summed E-state index contributed by atoms with van der Waals surface area (Å²) in [6.07, 6.45) is 4.12. The molecule has 0 atom stereocenters. The molecule has 6 rings (SSSR count). The first-order valence-corrected chi connectivity index (χ1v) is 14.2. The molecular formula is C31H29BrClN5. The quantitative estimate of drug-likeness (QED) is 0.211. The molecule has 0 aliphatic carbocycles.